The zero-order valence-corrected chi connectivity index (χ0v) is 24.8. The molecule has 2 amide bonds. The Morgan fingerprint density at radius 2 is 1.43 bits per heavy atom. The summed E-state index contributed by atoms with van der Waals surface area (Å²) in [6.07, 6.45) is 1.22. The van der Waals surface area contributed by atoms with Gasteiger partial charge in [-0.15, -0.1) is 0 Å². The Bertz CT molecular complexity index is 1490. The Balaban J connectivity index is 1.25. The van der Waals surface area contributed by atoms with Gasteiger partial charge in [0.15, 0.2) is 0 Å². The fourth-order valence-electron chi connectivity index (χ4n) is 5.42. The number of amides is 2. The number of carbonyl (C=O) groups is 2. The maximum atomic E-state index is 13.5. The van der Waals surface area contributed by atoms with Gasteiger partial charge in [-0.2, -0.15) is 0 Å². The highest BCUT2D eigenvalue weighted by atomic mass is 16.2. The summed E-state index contributed by atoms with van der Waals surface area (Å²) in [7, 11) is 1.83. The normalized spacial score (nSPS) is 13.7. The van der Waals surface area contributed by atoms with Gasteiger partial charge in [0.2, 0.25) is 0 Å². The molecule has 1 aliphatic heterocycles. The third-order valence-corrected chi connectivity index (χ3v) is 7.93. The molecule has 0 unspecified atom stereocenters. The number of benzene rings is 4. The molecule has 6 nitrogen and oxygen atoms in total. The SMILES string of the molecule is CC(C)CCN1CCN(c2ccccc2N(C)C(=O)c2ccc(NC(=O)c3ccccc3-c3ccccc3)cc2)CC1. The average molecular weight is 561 g/mol. The van der Waals surface area contributed by atoms with Crippen molar-refractivity contribution < 1.29 is 9.59 Å². The van der Waals surface area contributed by atoms with Crippen LogP contribution in [0.3, 0.4) is 0 Å². The second-order valence-electron chi connectivity index (χ2n) is 11.3. The van der Waals surface area contributed by atoms with E-state index in [-0.39, 0.29) is 11.8 Å². The van der Waals surface area contributed by atoms with Gasteiger partial charge >= 0.3 is 0 Å². The number of anilines is 3. The monoisotopic (exact) mass is 560 g/mol. The number of piperazine rings is 1. The molecule has 4 aromatic rings. The van der Waals surface area contributed by atoms with E-state index in [0.29, 0.717) is 22.7 Å². The molecule has 42 heavy (non-hydrogen) atoms. The highest BCUT2D eigenvalue weighted by molar-refractivity contribution is 6.10. The highest BCUT2D eigenvalue weighted by Gasteiger charge is 2.23. The number of rotatable bonds is 9. The third-order valence-electron chi connectivity index (χ3n) is 7.93. The molecule has 0 spiro atoms. The summed E-state index contributed by atoms with van der Waals surface area (Å²) in [5.74, 6) is 0.430. The van der Waals surface area contributed by atoms with E-state index in [2.05, 4.69) is 35.0 Å². The van der Waals surface area contributed by atoms with Gasteiger partial charge in [0, 0.05) is 50.0 Å². The van der Waals surface area contributed by atoms with Crippen molar-refractivity contribution in [3.05, 3.63) is 114 Å². The summed E-state index contributed by atoms with van der Waals surface area (Å²) < 4.78 is 0. The lowest BCUT2D eigenvalue weighted by Crippen LogP contribution is -2.47. The second kappa shape index (κ2) is 13.5. The molecule has 4 aromatic carbocycles. The van der Waals surface area contributed by atoms with Crippen molar-refractivity contribution in [2.24, 2.45) is 5.92 Å². The van der Waals surface area contributed by atoms with Gasteiger partial charge < -0.3 is 15.1 Å². The molecule has 0 aliphatic carbocycles. The first-order valence-corrected chi connectivity index (χ1v) is 14.8. The van der Waals surface area contributed by atoms with Crippen LogP contribution in [-0.4, -0.2) is 56.5 Å². The molecule has 0 bridgehead atoms. The van der Waals surface area contributed by atoms with Crippen LogP contribution in [0.4, 0.5) is 17.1 Å². The van der Waals surface area contributed by atoms with E-state index in [0.717, 1.165) is 55.2 Å². The molecular weight excluding hydrogens is 520 g/mol. The molecular formula is C36H40N4O2. The Morgan fingerprint density at radius 3 is 2.14 bits per heavy atom. The maximum absolute atomic E-state index is 13.5. The zero-order valence-electron chi connectivity index (χ0n) is 24.8. The lowest BCUT2D eigenvalue weighted by atomic mass is 9.99. The molecule has 5 rings (SSSR count). The van der Waals surface area contributed by atoms with Crippen molar-refractivity contribution in [3.8, 4) is 11.1 Å². The number of nitrogens with zero attached hydrogens (tertiary/aromatic N) is 3. The number of nitrogens with one attached hydrogen (secondary N) is 1. The first-order valence-electron chi connectivity index (χ1n) is 14.8. The van der Waals surface area contributed by atoms with Gasteiger partial charge in [0.25, 0.3) is 11.8 Å². The molecule has 0 radical (unpaired) electrons. The summed E-state index contributed by atoms with van der Waals surface area (Å²) in [5, 5.41) is 2.99. The molecule has 1 aliphatic rings. The van der Waals surface area contributed by atoms with E-state index >= 15 is 0 Å². The van der Waals surface area contributed by atoms with Crippen LogP contribution in [0.5, 0.6) is 0 Å². The van der Waals surface area contributed by atoms with Crippen LogP contribution in [0.15, 0.2) is 103 Å². The minimum Gasteiger partial charge on any atom is -0.367 e. The van der Waals surface area contributed by atoms with Crippen molar-refractivity contribution in [2.75, 3.05) is 54.9 Å². The van der Waals surface area contributed by atoms with E-state index in [1.165, 1.54) is 6.42 Å². The molecule has 1 heterocycles. The Labute approximate surface area is 249 Å². The smallest absolute Gasteiger partial charge is 0.258 e. The van der Waals surface area contributed by atoms with Gasteiger partial charge in [-0.1, -0.05) is 74.5 Å². The van der Waals surface area contributed by atoms with Crippen LogP contribution in [0.2, 0.25) is 0 Å². The lowest BCUT2D eigenvalue weighted by Gasteiger charge is -2.38. The Hall–Kier alpha value is -4.42. The summed E-state index contributed by atoms with van der Waals surface area (Å²) in [5.41, 5.74) is 5.64. The van der Waals surface area contributed by atoms with Gasteiger partial charge in [0.05, 0.1) is 11.4 Å². The molecule has 1 saturated heterocycles. The number of para-hydroxylation sites is 2. The van der Waals surface area contributed by atoms with Gasteiger partial charge in [0.1, 0.15) is 0 Å². The highest BCUT2D eigenvalue weighted by Crippen LogP contribution is 2.31. The minimum atomic E-state index is -0.191. The predicted molar refractivity (Wildman–Crippen MR) is 174 cm³/mol. The van der Waals surface area contributed by atoms with Crippen LogP contribution in [-0.2, 0) is 0 Å². The summed E-state index contributed by atoms with van der Waals surface area (Å²) in [6.45, 7) is 9.63. The van der Waals surface area contributed by atoms with Gasteiger partial charge in [-0.3, -0.25) is 14.5 Å². The molecule has 6 heteroatoms. The summed E-state index contributed by atoms with van der Waals surface area (Å²) >= 11 is 0. The molecule has 0 aromatic heterocycles. The lowest BCUT2D eigenvalue weighted by molar-refractivity contribution is 0.0991. The van der Waals surface area contributed by atoms with Crippen molar-refractivity contribution >= 4 is 28.9 Å². The van der Waals surface area contributed by atoms with Crippen molar-refractivity contribution in [1.82, 2.24) is 4.90 Å². The quantitative estimate of drug-likeness (QED) is 0.238. The van der Waals surface area contributed by atoms with E-state index in [9.17, 15) is 9.59 Å². The van der Waals surface area contributed by atoms with Crippen LogP contribution >= 0.6 is 0 Å². The largest absolute Gasteiger partial charge is 0.367 e. The number of hydrogen-bond acceptors (Lipinski definition) is 4. The Kier molecular flexibility index (Phi) is 9.35. The zero-order chi connectivity index (χ0) is 29.5. The first-order chi connectivity index (χ1) is 20.4. The predicted octanol–water partition coefficient (Wildman–Crippen LogP) is 7.05. The fourth-order valence-corrected chi connectivity index (χ4v) is 5.42. The van der Waals surface area contributed by atoms with E-state index in [1.807, 2.05) is 79.8 Å². The van der Waals surface area contributed by atoms with E-state index < -0.39 is 0 Å². The van der Waals surface area contributed by atoms with E-state index in [1.54, 1.807) is 29.2 Å². The molecule has 0 saturated carbocycles. The third kappa shape index (κ3) is 6.89. The molecule has 0 atom stereocenters. The number of hydrogen-bond donors (Lipinski definition) is 1. The maximum Gasteiger partial charge on any atom is 0.258 e. The topological polar surface area (TPSA) is 55.9 Å². The van der Waals surface area contributed by atoms with Gasteiger partial charge in [-0.25, -0.2) is 0 Å². The van der Waals surface area contributed by atoms with Crippen LogP contribution in [0.25, 0.3) is 11.1 Å². The van der Waals surface area contributed by atoms with Crippen LogP contribution in [0.1, 0.15) is 41.0 Å². The van der Waals surface area contributed by atoms with E-state index in [4.69, 9.17) is 0 Å². The fraction of sp³-hybridized carbons (Fsp3) is 0.278. The molecule has 1 fully saturated rings. The second-order valence-corrected chi connectivity index (χ2v) is 11.3. The summed E-state index contributed by atoms with van der Waals surface area (Å²) in [6, 6.07) is 32.7. The van der Waals surface area contributed by atoms with Gasteiger partial charge in [-0.05, 0) is 72.5 Å². The molecule has 1 N–H and O–H groups in total. The van der Waals surface area contributed by atoms with Crippen LogP contribution in [0, 0.1) is 5.92 Å². The molecule has 216 valence electrons. The number of carbonyl (C=O) groups excluding carboxylic acids is 2. The Morgan fingerprint density at radius 1 is 0.786 bits per heavy atom. The minimum absolute atomic E-state index is 0.0923. The first kappa shape index (κ1) is 29.1. The van der Waals surface area contributed by atoms with Crippen molar-refractivity contribution in [3.63, 3.8) is 0 Å². The van der Waals surface area contributed by atoms with Crippen LogP contribution < -0.4 is 15.1 Å². The van der Waals surface area contributed by atoms with Crippen molar-refractivity contribution in [1.29, 1.82) is 0 Å². The summed E-state index contributed by atoms with van der Waals surface area (Å²) in [4.78, 5) is 33.4. The average Bonchev–Trinajstić information content (AvgIpc) is 3.04. The van der Waals surface area contributed by atoms with Crippen molar-refractivity contribution in [2.45, 2.75) is 20.3 Å². The standard InChI is InChI=1S/C36H40N4O2/c1-27(2)21-22-39-23-25-40(26-24-39)34-16-10-9-15-33(34)38(3)36(42)29-17-19-30(20-18-29)37-35(41)32-14-8-7-13-31(32)28-11-5-4-6-12-28/h4-20,27H,21-26H2,1-3H3,(H,37,41).